The topological polar surface area (TPSA) is 101 Å². The molecule has 0 radical (unpaired) electrons. The molecule has 9 nitrogen and oxygen atoms in total. The summed E-state index contributed by atoms with van der Waals surface area (Å²) in [6.45, 7) is 4.67. The second-order valence-electron chi connectivity index (χ2n) is 6.23. The molecule has 0 amide bonds. The van der Waals surface area contributed by atoms with Crippen LogP contribution in [0.2, 0.25) is 0 Å². The van der Waals surface area contributed by atoms with Crippen molar-refractivity contribution in [1.29, 1.82) is 0 Å². The highest BCUT2D eigenvalue weighted by molar-refractivity contribution is 6.00. The highest BCUT2D eigenvalue weighted by Crippen LogP contribution is 2.16. The molecule has 0 aliphatic carbocycles. The van der Waals surface area contributed by atoms with Crippen molar-refractivity contribution in [3.63, 3.8) is 0 Å². The van der Waals surface area contributed by atoms with Crippen LogP contribution in [0.5, 0.6) is 0 Å². The van der Waals surface area contributed by atoms with E-state index in [1.54, 1.807) is 37.4 Å². The molecular formula is C19H21N5O4. The van der Waals surface area contributed by atoms with Crippen molar-refractivity contribution < 1.29 is 19.1 Å². The molecule has 0 bridgehead atoms. The van der Waals surface area contributed by atoms with Crippen molar-refractivity contribution in [2.24, 2.45) is 0 Å². The van der Waals surface area contributed by atoms with Crippen LogP contribution in [0.4, 0.5) is 0 Å². The number of rotatable bonds is 8. The Morgan fingerprint density at radius 2 is 2.00 bits per heavy atom. The molecule has 0 aliphatic heterocycles. The number of ketones is 1. The van der Waals surface area contributed by atoms with E-state index >= 15 is 0 Å². The predicted molar refractivity (Wildman–Crippen MR) is 99.5 cm³/mol. The van der Waals surface area contributed by atoms with Gasteiger partial charge in [-0.2, -0.15) is 0 Å². The highest BCUT2D eigenvalue weighted by atomic mass is 16.5. The maximum absolute atomic E-state index is 12.5. The number of hydrogen-bond acceptors (Lipinski definition) is 7. The van der Waals surface area contributed by atoms with Crippen molar-refractivity contribution in [3.05, 3.63) is 59.2 Å². The van der Waals surface area contributed by atoms with Crippen molar-refractivity contribution in [2.75, 3.05) is 20.3 Å². The Kier molecular flexibility index (Phi) is 5.95. The van der Waals surface area contributed by atoms with Crippen LogP contribution >= 0.6 is 0 Å². The number of ether oxygens (including phenoxy) is 2. The molecule has 0 fully saturated rings. The third-order valence-electron chi connectivity index (χ3n) is 4.42. The fourth-order valence-corrected chi connectivity index (χ4v) is 2.96. The van der Waals surface area contributed by atoms with E-state index in [2.05, 4.69) is 15.5 Å². The summed E-state index contributed by atoms with van der Waals surface area (Å²) in [4.78, 5) is 24.9. The van der Waals surface area contributed by atoms with Crippen LogP contribution in [0.3, 0.4) is 0 Å². The molecule has 0 unspecified atom stereocenters. The van der Waals surface area contributed by atoms with Gasteiger partial charge < -0.3 is 14.0 Å². The molecule has 2 aromatic heterocycles. The number of Topliss-reactive ketones (excluding diaryl/α,β-unsaturated/α-hetero) is 1. The third-order valence-corrected chi connectivity index (χ3v) is 4.42. The van der Waals surface area contributed by atoms with Gasteiger partial charge in [0.2, 0.25) is 5.78 Å². The first kappa shape index (κ1) is 19.4. The Hall–Kier alpha value is -3.33. The van der Waals surface area contributed by atoms with Gasteiger partial charge in [-0.25, -0.2) is 9.48 Å². The lowest BCUT2D eigenvalue weighted by Crippen LogP contribution is -2.15. The van der Waals surface area contributed by atoms with Gasteiger partial charge in [-0.15, -0.1) is 5.10 Å². The van der Waals surface area contributed by atoms with Crippen LogP contribution in [-0.2, 0) is 16.0 Å². The molecule has 2 heterocycles. The summed E-state index contributed by atoms with van der Waals surface area (Å²) < 4.78 is 13.8. The average molecular weight is 383 g/mol. The van der Waals surface area contributed by atoms with E-state index in [1.165, 1.54) is 11.0 Å². The number of methoxy groups -OCH3 is 1. The van der Waals surface area contributed by atoms with Crippen LogP contribution in [-0.4, -0.2) is 56.9 Å². The van der Waals surface area contributed by atoms with E-state index in [0.29, 0.717) is 30.0 Å². The number of hydrogen-bond donors (Lipinski definition) is 0. The Bertz CT molecular complexity index is 978. The molecule has 0 aliphatic rings. The van der Waals surface area contributed by atoms with Gasteiger partial charge in [-0.3, -0.25) is 4.79 Å². The van der Waals surface area contributed by atoms with Gasteiger partial charge in [0.25, 0.3) is 0 Å². The largest absolute Gasteiger partial charge is 0.454 e. The van der Waals surface area contributed by atoms with Gasteiger partial charge in [0.1, 0.15) is 6.33 Å². The number of nitrogens with zero attached hydrogens (tertiary/aromatic N) is 5. The summed E-state index contributed by atoms with van der Waals surface area (Å²) in [5.74, 6) is -0.835. The lowest BCUT2D eigenvalue weighted by atomic mass is 10.1. The minimum atomic E-state index is -0.587. The Morgan fingerprint density at radius 1 is 1.18 bits per heavy atom. The summed E-state index contributed by atoms with van der Waals surface area (Å²) in [7, 11) is 1.63. The first-order valence-corrected chi connectivity index (χ1v) is 8.70. The number of carbonyl (C=O) groups is 2. The normalized spacial score (nSPS) is 10.8. The van der Waals surface area contributed by atoms with Gasteiger partial charge in [-0.1, -0.05) is 6.07 Å². The zero-order chi connectivity index (χ0) is 20.1. The first-order valence-electron chi connectivity index (χ1n) is 8.70. The Morgan fingerprint density at radius 3 is 2.71 bits per heavy atom. The van der Waals surface area contributed by atoms with Crippen molar-refractivity contribution in [1.82, 2.24) is 24.8 Å². The van der Waals surface area contributed by atoms with E-state index < -0.39 is 5.97 Å². The number of carbonyl (C=O) groups excluding carboxylic acids is 2. The molecule has 3 aromatic rings. The summed E-state index contributed by atoms with van der Waals surface area (Å²) in [6.07, 6.45) is 1.42. The minimum absolute atomic E-state index is 0.248. The van der Waals surface area contributed by atoms with Crippen LogP contribution in [0.15, 0.2) is 36.7 Å². The second kappa shape index (κ2) is 8.57. The van der Waals surface area contributed by atoms with E-state index in [9.17, 15) is 9.59 Å². The molecule has 28 heavy (non-hydrogen) atoms. The quantitative estimate of drug-likeness (QED) is 0.431. The molecular weight excluding hydrogens is 362 g/mol. The summed E-state index contributed by atoms with van der Waals surface area (Å²) in [5.41, 5.74) is 3.26. The number of aryl methyl sites for hydroxylation is 1. The van der Waals surface area contributed by atoms with Gasteiger partial charge in [0, 0.05) is 30.6 Å². The summed E-state index contributed by atoms with van der Waals surface area (Å²) in [5, 5.41) is 10.9. The zero-order valence-electron chi connectivity index (χ0n) is 16.0. The smallest absolute Gasteiger partial charge is 0.338 e. The van der Waals surface area contributed by atoms with Crippen LogP contribution < -0.4 is 0 Å². The standard InChI is InChI=1S/C19H21N5O4/c1-13-9-17(14(2)23(13)7-8-27-3)18(25)11-28-19(26)15-5-4-6-16(10-15)24-12-20-21-22-24/h4-6,9-10,12H,7-8,11H2,1-3H3. The van der Waals surface area contributed by atoms with Crippen LogP contribution in [0, 0.1) is 13.8 Å². The van der Waals surface area contributed by atoms with E-state index in [0.717, 1.165) is 11.4 Å². The lowest BCUT2D eigenvalue weighted by molar-refractivity contribution is 0.0474. The fourth-order valence-electron chi connectivity index (χ4n) is 2.96. The maximum Gasteiger partial charge on any atom is 0.338 e. The molecule has 0 atom stereocenters. The number of esters is 1. The third kappa shape index (κ3) is 4.15. The number of aromatic nitrogens is 5. The fraction of sp³-hybridized carbons (Fsp3) is 0.316. The summed E-state index contributed by atoms with van der Waals surface area (Å²) in [6, 6.07) is 8.46. The van der Waals surface area contributed by atoms with Crippen LogP contribution in [0.1, 0.15) is 32.1 Å². The van der Waals surface area contributed by atoms with Crippen LogP contribution in [0.25, 0.3) is 5.69 Å². The average Bonchev–Trinajstić information content (AvgIpc) is 3.33. The molecule has 9 heteroatoms. The van der Waals surface area contributed by atoms with Gasteiger partial charge in [-0.05, 0) is 48.5 Å². The Balaban J connectivity index is 1.67. The summed E-state index contributed by atoms with van der Waals surface area (Å²) >= 11 is 0. The van der Waals surface area contributed by atoms with Gasteiger partial charge >= 0.3 is 5.97 Å². The lowest BCUT2D eigenvalue weighted by Gasteiger charge is -2.09. The Labute approximate surface area is 161 Å². The first-order chi connectivity index (χ1) is 13.5. The minimum Gasteiger partial charge on any atom is -0.454 e. The monoisotopic (exact) mass is 383 g/mol. The molecule has 3 rings (SSSR count). The molecule has 0 saturated carbocycles. The SMILES string of the molecule is COCCn1c(C)cc(C(=O)COC(=O)c2cccc(-n3cnnn3)c2)c1C. The van der Waals surface area contributed by atoms with Gasteiger partial charge in [0.05, 0.1) is 17.9 Å². The van der Waals surface area contributed by atoms with Crippen molar-refractivity contribution in [2.45, 2.75) is 20.4 Å². The highest BCUT2D eigenvalue weighted by Gasteiger charge is 2.18. The van der Waals surface area contributed by atoms with E-state index in [4.69, 9.17) is 9.47 Å². The van der Waals surface area contributed by atoms with Gasteiger partial charge in [0.15, 0.2) is 6.61 Å². The van der Waals surface area contributed by atoms with E-state index in [1.807, 2.05) is 18.4 Å². The molecule has 0 saturated heterocycles. The predicted octanol–water partition coefficient (Wildman–Crippen LogP) is 1.77. The zero-order valence-corrected chi connectivity index (χ0v) is 16.0. The van der Waals surface area contributed by atoms with Crippen molar-refractivity contribution >= 4 is 11.8 Å². The van der Waals surface area contributed by atoms with Crippen molar-refractivity contribution in [3.8, 4) is 5.69 Å². The van der Waals surface area contributed by atoms with E-state index in [-0.39, 0.29) is 12.4 Å². The number of tetrazole rings is 1. The maximum atomic E-state index is 12.5. The number of benzene rings is 1. The molecule has 0 spiro atoms. The second-order valence-corrected chi connectivity index (χ2v) is 6.23. The molecule has 1 aromatic carbocycles. The molecule has 0 N–H and O–H groups in total. The molecule has 146 valence electrons.